The predicted octanol–water partition coefficient (Wildman–Crippen LogP) is 4.88. The van der Waals surface area contributed by atoms with E-state index in [2.05, 4.69) is 0 Å². The summed E-state index contributed by atoms with van der Waals surface area (Å²) < 4.78 is 0. The molecule has 0 radical (unpaired) electrons. The SMILES string of the molecule is O=C(c1ccccc1Cl)c1cccc(Cl)c1Cl. The molecule has 2 aromatic rings. The van der Waals surface area contributed by atoms with Gasteiger partial charge >= 0.3 is 0 Å². The van der Waals surface area contributed by atoms with Crippen LogP contribution in [0.15, 0.2) is 42.5 Å². The van der Waals surface area contributed by atoms with E-state index >= 15 is 0 Å². The number of hydrogen-bond acceptors (Lipinski definition) is 1. The monoisotopic (exact) mass is 284 g/mol. The molecule has 4 heteroatoms. The van der Waals surface area contributed by atoms with Crippen LogP contribution >= 0.6 is 34.8 Å². The lowest BCUT2D eigenvalue weighted by atomic mass is 10.0. The largest absolute Gasteiger partial charge is 0.288 e. The van der Waals surface area contributed by atoms with Crippen molar-refractivity contribution in [3.8, 4) is 0 Å². The quantitative estimate of drug-likeness (QED) is 0.719. The standard InChI is InChI=1S/C13H7Cl3O/c14-10-6-2-1-4-8(10)13(17)9-5-3-7-11(15)12(9)16/h1-7H. The molecule has 0 bridgehead atoms. The van der Waals surface area contributed by atoms with Crippen molar-refractivity contribution in [2.75, 3.05) is 0 Å². The molecule has 17 heavy (non-hydrogen) atoms. The van der Waals surface area contributed by atoms with Gasteiger partial charge in [-0.3, -0.25) is 4.79 Å². The van der Waals surface area contributed by atoms with Crippen LogP contribution in [0.25, 0.3) is 0 Å². The number of hydrogen-bond donors (Lipinski definition) is 0. The number of ketones is 1. The summed E-state index contributed by atoms with van der Waals surface area (Å²) in [5, 5.41) is 0.997. The molecule has 86 valence electrons. The third-order valence-corrected chi connectivity index (χ3v) is 3.46. The topological polar surface area (TPSA) is 17.1 Å². The minimum absolute atomic E-state index is 0.233. The summed E-state index contributed by atoms with van der Waals surface area (Å²) in [5.74, 6) is -0.233. The zero-order chi connectivity index (χ0) is 12.4. The summed E-state index contributed by atoms with van der Waals surface area (Å²) >= 11 is 17.8. The van der Waals surface area contributed by atoms with E-state index in [9.17, 15) is 4.79 Å². The number of carbonyl (C=O) groups is 1. The summed E-state index contributed by atoms with van der Waals surface area (Å²) in [4.78, 5) is 12.2. The van der Waals surface area contributed by atoms with Crippen LogP contribution in [0.3, 0.4) is 0 Å². The van der Waals surface area contributed by atoms with E-state index in [1.807, 2.05) is 0 Å². The summed E-state index contributed by atoms with van der Waals surface area (Å²) in [5.41, 5.74) is 0.769. The zero-order valence-corrected chi connectivity index (χ0v) is 10.9. The molecule has 0 fully saturated rings. The molecule has 0 aliphatic carbocycles. The highest BCUT2D eigenvalue weighted by molar-refractivity contribution is 6.45. The van der Waals surface area contributed by atoms with E-state index < -0.39 is 0 Å². The Kier molecular flexibility index (Phi) is 3.72. The lowest BCUT2D eigenvalue weighted by molar-refractivity contribution is 0.103. The van der Waals surface area contributed by atoms with Crippen LogP contribution in [0.4, 0.5) is 0 Å². The lowest BCUT2D eigenvalue weighted by Crippen LogP contribution is -2.03. The van der Waals surface area contributed by atoms with Crippen LogP contribution in [-0.2, 0) is 0 Å². The molecule has 0 N–H and O–H groups in total. The minimum atomic E-state index is -0.233. The van der Waals surface area contributed by atoms with Crippen molar-refractivity contribution in [3.05, 3.63) is 68.7 Å². The van der Waals surface area contributed by atoms with Crippen LogP contribution in [0, 0.1) is 0 Å². The molecule has 2 aromatic carbocycles. The highest BCUT2D eigenvalue weighted by Gasteiger charge is 2.16. The Balaban J connectivity index is 2.52. The zero-order valence-electron chi connectivity index (χ0n) is 8.58. The fourth-order valence-electron chi connectivity index (χ4n) is 1.47. The van der Waals surface area contributed by atoms with Crippen LogP contribution in [0.2, 0.25) is 15.1 Å². The van der Waals surface area contributed by atoms with Gasteiger partial charge in [0.2, 0.25) is 0 Å². The summed E-state index contributed by atoms with van der Waals surface area (Å²) in [6.45, 7) is 0. The van der Waals surface area contributed by atoms with E-state index in [-0.39, 0.29) is 10.8 Å². The van der Waals surface area contributed by atoms with Crippen LogP contribution in [0.5, 0.6) is 0 Å². The first-order chi connectivity index (χ1) is 8.11. The summed E-state index contributed by atoms with van der Waals surface area (Å²) in [7, 11) is 0. The van der Waals surface area contributed by atoms with Crippen molar-refractivity contribution >= 4 is 40.6 Å². The smallest absolute Gasteiger partial charge is 0.196 e. The Bertz CT molecular complexity index is 579. The van der Waals surface area contributed by atoms with E-state index in [1.165, 1.54) is 0 Å². The molecule has 0 saturated carbocycles. The van der Waals surface area contributed by atoms with Gasteiger partial charge in [-0.1, -0.05) is 53.0 Å². The van der Waals surface area contributed by atoms with E-state index in [1.54, 1.807) is 42.5 Å². The summed E-state index contributed by atoms with van der Waals surface area (Å²) in [6.07, 6.45) is 0. The highest BCUT2D eigenvalue weighted by Crippen LogP contribution is 2.28. The van der Waals surface area contributed by atoms with Gasteiger partial charge in [0.25, 0.3) is 0 Å². The first kappa shape index (κ1) is 12.4. The molecule has 0 atom stereocenters. The minimum Gasteiger partial charge on any atom is -0.288 e. The first-order valence-corrected chi connectivity index (χ1v) is 5.98. The van der Waals surface area contributed by atoms with Gasteiger partial charge < -0.3 is 0 Å². The Morgan fingerprint density at radius 1 is 0.765 bits per heavy atom. The maximum atomic E-state index is 12.2. The third-order valence-electron chi connectivity index (χ3n) is 2.31. The molecule has 0 aliphatic heterocycles. The maximum Gasteiger partial charge on any atom is 0.196 e. The fraction of sp³-hybridized carbons (Fsp3) is 0. The van der Waals surface area contributed by atoms with E-state index in [0.717, 1.165) is 0 Å². The van der Waals surface area contributed by atoms with Gasteiger partial charge in [0, 0.05) is 11.1 Å². The van der Waals surface area contributed by atoms with Crippen LogP contribution < -0.4 is 0 Å². The van der Waals surface area contributed by atoms with E-state index in [4.69, 9.17) is 34.8 Å². The van der Waals surface area contributed by atoms with Crippen LogP contribution in [-0.4, -0.2) is 5.78 Å². The molecule has 2 rings (SSSR count). The van der Waals surface area contributed by atoms with Crippen molar-refractivity contribution in [1.82, 2.24) is 0 Å². The van der Waals surface area contributed by atoms with Crippen molar-refractivity contribution in [3.63, 3.8) is 0 Å². The van der Waals surface area contributed by atoms with Gasteiger partial charge in [-0.2, -0.15) is 0 Å². The second-order valence-electron chi connectivity index (χ2n) is 3.41. The number of benzene rings is 2. The van der Waals surface area contributed by atoms with Crippen molar-refractivity contribution in [2.24, 2.45) is 0 Å². The van der Waals surface area contributed by atoms with Gasteiger partial charge in [0.15, 0.2) is 5.78 Å². The molecule has 0 aromatic heterocycles. The fourth-order valence-corrected chi connectivity index (χ4v) is 2.08. The summed E-state index contributed by atoms with van der Waals surface area (Å²) in [6, 6.07) is 11.8. The molecule has 0 amide bonds. The van der Waals surface area contributed by atoms with Crippen molar-refractivity contribution < 1.29 is 4.79 Å². The van der Waals surface area contributed by atoms with Crippen LogP contribution in [0.1, 0.15) is 15.9 Å². The highest BCUT2D eigenvalue weighted by atomic mass is 35.5. The Labute approximate surface area is 114 Å². The number of carbonyl (C=O) groups excluding carboxylic acids is 1. The molecule has 0 unspecified atom stereocenters. The van der Waals surface area contributed by atoms with Gasteiger partial charge in [-0.25, -0.2) is 0 Å². The molecular formula is C13H7Cl3O. The average molecular weight is 286 g/mol. The van der Waals surface area contributed by atoms with Gasteiger partial charge in [0.1, 0.15) is 0 Å². The average Bonchev–Trinajstić information content (AvgIpc) is 2.32. The molecule has 0 saturated heterocycles. The van der Waals surface area contributed by atoms with Crippen molar-refractivity contribution in [1.29, 1.82) is 0 Å². The molecule has 1 nitrogen and oxygen atoms in total. The van der Waals surface area contributed by atoms with Gasteiger partial charge in [0.05, 0.1) is 15.1 Å². The predicted molar refractivity (Wildman–Crippen MR) is 71.3 cm³/mol. The Morgan fingerprint density at radius 3 is 2.06 bits per heavy atom. The van der Waals surface area contributed by atoms with Gasteiger partial charge in [-0.15, -0.1) is 0 Å². The first-order valence-electron chi connectivity index (χ1n) is 4.84. The van der Waals surface area contributed by atoms with E-state index in [0.29, 0.717) is 21.2 Å². The Morgan fingerprint density at radius 2 is 1.35 bits per heavy atom. The lowest BCUT2D eigenvalue weighted by Gasteiger charge is -2.06. The molecule has 0 spiro atoms. The normalized spacial score (nSPS) is 10.3. The molecular weight excluding hydrogens is 279 g/mol. The second kappa shape index (κ2) is 5.09. The maximum absolute atomic E-state index is 12.2. The van der Waals surface area contributed by atoms with Crippen molar-refractivity contribution in [2.45, 2.75) is 0 Å². The number of halogens is 3. The van der Waals surface area contributed by atoms with Gasteiger partial charge in [-0.05, 0) is 24.3 Å². The second-order valence-corrected chi connectivity index (χ2v) is 4.60. The molecule has 0 heterocycles. The number of rotatable bonds is 2. The third kappa shape index (κ3) is 2.47. The Hall–Kier alpha value is -1.02. The molecule has 0 aliphatic rings.